The van der Waals surface area contributed by atoms with Crippen LogP contribution in [0.4, 0.5) is 0 Å². The summed E-state index contributed by atoms with van der Waals surface area (Å²) in [7, 11) is 0. The number of aromatic nitrogens is 1. The number of pyridine rings is 1. The predicted octanol–water partition coefficient (Wildman–Crippen LogP) is 3.84. The van der Waals surface area contributed by atoms with E-state index in [1.165, 1.54) is 11.8 Å². The summed E-state index contributed by atoms with van der Waals surface area (Å²) >= 11 is 13.3. The maximum atomic E-state index is 11.7. The van der Waals surface area contributed by atoms with Crippen LogP contribution < -0.4 is 5.32 Å². The number of carbonyl (C=O) groups excluding carboxylic acids is 1. The largest absolute Gasteiger partial charge is 0.355 e. The monoisotopic (exact) mass is 340 g/mol. The number of hydrogen-bond acceptors (Lipinski definition) is 3. The molecule has 0 fully saturated rings. The van der Waals surface area contributed by atoms with Crippen molar-refractivity contribution in [2.75, 3.05) is 12.3 Å². The van der Waals surface area contributed by atoms with E-state index >= 15 is 0 Å². The third kappa shape index (κ3) is 5.58. The number of benzene rings is 1. The van der Waals surface area contributed by atoms with Crippen LogP contribution >= 0.6 is 35.0 Å². The van der Waals surface area contributed by atoms with Gasteiger partial charge in [0.05, 0.1) is 10.8 Å². The Kier molecular flexibility index (Phi) is 6.36. The molecule has 1 heterocycles. The van der Waals surface area contributed by atoms with Crippen molar-refractivity contribution in [2.24, 2.45) is 0 Å². The first-order valence-corrected chi connectivity index (χ1v) is 8.14. The molecule has 1 aromatic carbocycles. The van der Waals surface area contributed by atoms with E-state index in [1.54, 1.807) is 18.3 Å². The average molecular weight is 341 g/mol. The highest BCUT2D eigenvalue weighted by Gasteiger charge is 2.05. The number of thioether (sulfide) groups is 1. The van der Waals surface area contributed by atoms with Gasteiger partial charge in [0.2, 0.25) is 5.91 Å². The van der Waals surface area contributed by atoms with Gasteiger partial charge in [0, 0.05) is 22.8 Å². The van der Waals surface area contributed by atoms with E-state index in [4.69, 9.17) is 23.2 Å². The maximum absolute atomic E-state index is 11.7. The van der Waals surface area contributed by atoms with Crippen LogP contribution in [0.25, 0.3) is 0 Å². The van der Waals surface area contributed by atoms with E-state index in [2.05, 4.69) is 10.3 Å². The molecule has 0 aliphatic heterocycles. The van der Waals surface area contributed by atoms with Crippen molar-refractivity contribution in [3.63, 3.8) is 0 Å². The molecule has 110 valence electrons. The van der Waals surface area contributed by atoms with Crippen molar-refractivity contribution in [3.05, 3.63) is 58.2 Å². The lowest BCUT2D eigenvalue weighted by Gasteiger charge is -2.07. The van der Waals surface area contributed by atoms with Gasteiger partial charge in [-0.2, -0.15) is 0 Å². The molecular formula is C15H14Cl2N2OS. The molecule has 1 N–H and O–H groups in total. The fourth-order valence-electron chi connectivity index (χ4n) is 1.68. The van der Waals surface area contributed by atoms with Gasteiger partial charge in [0.25, 0.3) is 0 Å². The smallest absolute Gasteiger partial charge is 0.230 e. The quantitative estimate of drug-likeness (QED) is 0.812. The second-order valence-corrected chi connectivity index (χ2v) is 6.13. The van der Waals surface area contributed by atoms with Gasteiger partial charge in [0.15, 0.2) is 0 Å². The summed E-state index contributed by atoms with van der Waals surface area (Å²) in [5.41, 5.74) is 0.971. The van der Waals surface area contributed by atoms with Gasteiger partial charge >= 0.3 is 0 Å². The molecule has 1 amide bonds. The van der Waals surface area contributed by atoms with E-state index < -0.39 is 0 Å². The van der Waals surface area contributed by atoms with Crippen LogP contribution in [0.15, 0.2) is 47.6 Å². The minimum absolute atomic E-state index is 0.0178. The highest BCUT2D eigenvalue weighted by molar-refractivity contribution is 7.99. The SMILES string of the molecule is O=C(CSc1ccccn1)NCCc1ccc(Cl)cc1Cl. The molecule has 6 heteroatoms. The maximum Gasteiger partial charge on any atom is 0.230 e. The van der Waals surface area contributed by atoms with Crippen LogP contribution in [0.5, 0.6) is 0 Å². The van der Waals surface area contributed by atoms with E-state index in [0.717, 1.165) is 10.6 Å². The van der Waals surface area contributed by atoms with E-state index in [9.17, 15) is 4.79 Å². The molecule has 1 aromatic heterocycles. The Morgan fingerprint density at radius 2 is 2.10 bits per heavy atom. The third-order valence-electron chi connectivity index (χ3n) is 2.72. The molecule has 0 atom stereocenters. The van der Waals surface area contributed by atoms with Crippen LogP contribution in [-0.4, -0.2) is 23.2 Å². The van der Waals surface area contributed by atoms with Crippen molar-refractivity contribution in [1.82, 2.24) is 10.3 Å². The number of rotatable bonds is 6. The summed E-state index contributed by atoms with van der Waals surface area (Å²) in [6.45, 7) is 0.545. The molecular weight excluding hydrogens is 327 g/mol. The zero-order valence-electron chi connectivity index (χ0n) is 11.2. The standard InChI is InChI=1S/C15H14Cl2N2OS/c16-12-5-4-11(13(17)9-12)6-8-18-14(20)10-21-15-3-1-2-7-19-15/h1-5,7,9H,6,8,10H2,(H,18,20). The molecule has 0 radical (unpaired) electrons. The minimum atomic E-state index is -0.0178. The first kappa shape index (κ1) is 16.1. The Labute approximate surface area is 138 Å². The normalized spacial score (nSPS) is 10.4. The van der Waals surface area contributed by atoms with Crippen molar-refractivity contribution in [1.29, 1.82) is 0 Å². The number of hydrogen-bond donors (Lipinski definition) is 1. The van der Waals surface area contributed by atoms with Gasteiger partial charge < -0.3 is 5.32 Å². The fourth-order valence-corrected chi connectivity index (χ4v) is 2.88. The van der Waals surface area contributed by atoms with Gasteiger partial charge in [-0.05, 0) is 36.2 Å². The molecule has 21 heavy (non-hydrogen) atoms. The summed E-state index contributed by atoms with van der Waals surface area (Å²) < 4.78 is 0. The van der Waals surface area contributed by atoms with Crippen molar-refractivity contribution in [3.8, 4) is 0 Å². The molecule has 0 bridgehead atoms. The molecule has 0 aliphatic carbocycles. The van der Waals surface area contributed by atoms with Crippen LogP contribution in [-0.2, 0) is 11.2 Å². The second-order valence-electron chi connectivity index (χ2n) is 4.29. The Morgan fingerprint density at radius 1 is 1.24 bits per heavy atom. The van der Waals surface area contributed by atoms with Gasteiger partial charge in [-0.25, -0.2) is 4.98 Å². The van der Waals surface area contributed by atoms with Gasteiger partial charge in [0.1, 0.15) is 0 Å². The number of halogens is 2. The lowest BCUT2D eigenvalue weighted by Crippen LogP contribution is -2.27. The van der Waals surface area contributed by atoms with Crippen molar-refractivity contribution >= 4 is 40.9 Å². The Morgan fingerprint density at radius 3 is 2.81 bits per heavy atom. The molecule has 3 nitrogen and oxygen atoms in total. The summed E-state index contributed by atoms with van der Waals surface area (Å²) in [6.07, 6.45) is 2.39. The van der Waals surface area contributed by atoms with Crippen LogP contribution in [0, 0.1) is 0 Å². The topological polar surface area (TPSA) is 42.0 Å². The molecule has 0 saturated heterocycles. The predicted molar refractivity (Wildman–Crippen MR) is 88.1 cm³/mol. The third-order valence-corrected chi connectivity index (χ3v) is 4.25. The summed E-state index contributed by atoms with van der Waals surface area (Å²) in [4.78, 5) is 15.9. The summed E-state index contributed by atoms with van der Waals surface area (Å²) in [5.74, 6) is 0.335. The average Bonchev–Trinajstić information content (AvgIpc) is 2.48. The first-order valence-electron chi connectivity index (χ1n) is 6.39. The molecule has 0 unspecified atom stereocenters. The molecule has 0 spiro atoms. The molecule has 2 aromatic rings. The number of amides is 1. The van der Waals surface area contributed by atoms with Crippen LogP contribution in [0.2, 0.25) is 10.0 Å². The Hall–Kier alpha value is -1.23. The van der Waals surface area contributed by atoms with Gasteiger partial charge in [-0.15, -0.1) is 0 Å². The first-order chi connectivity index (χ1) is 10.1. The number of nitrogens with zero attached hydrogens (tertiary/aromatic N) is 1. The number of carbonyl (C=O) groups is 1. The van der Waals surface area contributed by atoms with Gasteiger partial charge in [-0.1, -0.05) is 47.1 Å². The van der Waals surface area contributed by atoms with E-state index in [0.29, 0.717) is 28.8 Å². The number of nitrogens with one attached hydrogen (secondary N) is 1. The van der Waals surface area contributed by atoms with Crippen LogP contribution in [0.1, 0.15) is 5.56 Å². The highest BCUT2D eigenvalue weighted by Crippen LogP contribution is 2.21. The Balaban J connectivity index is 1.72. The van der Waals surface area contributed by atoms with E-state index in [-0.39, 0.29) is 5.91 Å². The van der Waals surface area contributed by atoms with Gasteiger partial charge in [-0.3, -0.25) is 4.79 Å². The lowest BCUT2D eigenvalue weighted by atomic mass is 10.1. The zero-order chi connectivity index (χ0) is 15.1. The van der Waals surface area contributed by atoms with Crippen molar-refractivity contribution in [2.45, 2.75) is 11.4 Å². The molecule has 0 saturated carbocycles. The lowest BCUT2D eigenvalue weighted by molar-refractivity contribution is -0.118. The summed E-state index contributed by atoms with van der Waals surface area (Å²) in [5, 5.41) is 4.94. The van der Waals surface area contributed by atoms with Crippen LogP contribution in [0.3, 0.4) is 0 Å². The van der Waals surface area contributed by atoms with Crippen molar-refractivity contribution < 1.29 is 4.79 Å². The highest BCUT2D eigenvalue weighted by atomic mass is 35.5. The molecule has 0 aliphatic rings. The van der Waals surface area contributed by atoms with E-state index in [1.807, 2.05) is 24.3 Å². The second kappa shape index (κ2) is 8.27. The Bertz CT molecular complexity index is 608. The molecule has 2 rings (SSSR count). The zero-order valence-corrected chi connectivity index (χ0v) is 13.5. The minimum Gasteiger partial charge on any atom is -0.355 e. The fraction of sp³-hybridized carbons (Fsp3) is 0.200. The summed E-state index contributed by atoms with van der Waals surface area (Å²) in [6, 6.07) is 11.0.